The number of hydrogen-bond acceptors (Lipinski definition) is 3. The van der Waals surface area contributed by atoms with Crippen LogP contribution in [0, 0.1) is 5.92 Å². The molecule has 2 rings (SSSR count). The van der Waals surface area contributed by atoms with Crippen molar-refractivity contribution < 1.29 is 0 Å². The first-order chi connectivity index (χ1) is 10.1. The van der Waals surface area contributed by atoms with Crippen molar-refractivity contribution in [1.29, 1.82) is 0 Å². The van der Waals surface area contributed by atoms with Gasteiger partial charge in [0.25, 0.3) is 0 Å². The lowest BCUT2D eigenvalue weighted by atomic mass is 10.1. The van der Waals surface area contributed by atoms with E-state index in [0.29, 0.717) is 6.04 Å². The van der Waals surface area contributed by atoms with E-state index < -0.39 is 0 Å². The maximum absolute atomic E-state index is 6.35. The van der Waals surface area contributed by atoms with Crippen LogP contribution in [-0.2, 0) is 6.54 Å². The third kappa shape index (κ3) is 4.86. The minimum atomic E-state index is 0.708. The number of aromatic nitrogens is 1. The van der Waals surface area contributed by atoms with Gasteiger partial charge in [-0.25, -0.2) is 4.98 Å². The SMILES string of the molecule is CNc1ccc(Cl)c(CN(CCC(C)C)C2CCCC2)n1. The van der Waals surface area contributed by atoms with Crippen molar-refractivity contribution in [2.45, 2.75) is 58.5 Å². The van der Waals surface area contributed by atoms with Gasteiger partial charge in [-0.1, -0.05) is 38.3 Å². The summed E-state index contributed by atoms with van der Waals surface area (Å²) in [5.74, 6) is 1.63. The Morgan fingerprint density at radius 2 is 2.05 bits per heavy atom. The normalized spacial score (nSPS) is 16.1. The standard InChI is InChI=1S/C17H28ClN3/c1-13(2)10-11-21(14-6-4-5-7-14)12-16-15(18)8-9-17(19-3)20-16/h8-9,13-14H,4-7,10-12H2,1-3H3,(H,19,20). The van der Waals surface area contributed by atoms with E-state index in [4.69, 9.17) is 11.6 Å². The number of anilines is 1. The fourth-order valence-electron chi connectivity index (χ4n) is 3.01. The minimum absolute atomic E-state index is 0.708. The monoisotopic (exact) mass is 309 g/mol. The summed E-state index contributed by atoms with van der Waals surface area (Å²) in [5.41, 5.74) is 0.999. The molecule has 0 radical (unpaired) electrons. The van der Waals surface area contributed by atoms with Crippen LogP contribution < -0.4 is 5.32 Å². The van der Waals surface area contributed by atoms with Gasteiger partial charge in [-0.2, -0.15) is 0 Å². The van der Waals surface area contributed by atoms with E-state index >= 15 is 0 Å². The molecule has 1 aliphatic rings. The van der Waals surface area contributed by atoms with E-state index in [-0.39, 0.29) is 0 Å². The third-order valence-corrected chi connectivity index (χ3v) is 4.71. The largest absolute Gasteiger partial charge is 0.373 e. The molecular formula is C17H28ClN3. The second-order valence-electron chi connectivity index (χ2n) is 6.47. The van der Waals surface area contributed by atoms with Crippen LogP contribution in [0.2, 0.25) is 5.02 Å². The van der Waals surface area contributed by atoms with E-state index in [2.05, 4.69) is 29.0 Å². The van der Waals surface area contributed by atoms with Gasteiger partial charge < -0.3 is 5.32 Å². The Kier molecular flexibility index (Phi) is 6.31. The van der Waals surface area contributed by atoms with Crippen LogP contribution in [0.1, 0.15) is 51.6 Å². The Morgan fingerprint density at radius 1 is 1.33 bits per heavy atom. The Morgan fingerprint density at radius 3 is 2.67 bits per heavy atom. The summed E-state index contributed by atoms with van der Waals surface area (Å²) >= 11 is 6.35. The van der Waals surface area contributed by atoms with E-state index in [1.165, 1.54) is 32.1 Å². The number of pyridine rings is 1. The molecule has 21 heavy (non-hydrogen) atoms. The van der Waals surface area contributed by atoms with Crippen molar-refractivity contribution in [2.75, 3.05) is 18.9 Å². The minimum Gasteiger partial charge on any atom is -0.373 e. The summed E-state index contributed by atoms with van der Waals surface area (Å²) in [6.07, 6.45) is 6.60. The molecule has 1 heterocycles. The maximum Gasteiger partial charge on any atom is 0.126 e. The molecule has 0 bridgehead atoms. The summed E-state index contributed by atoms with van der Waals surface area (Å²) in [4.78, 5) is 7.24. The molecule has 0 aliphatic heterocycles. The molecule has 0 aromatic carbocycles. The first-order valence-electron chi connectivity index (χ1n) is 8.17. The highest BCUT2D eigenvalue weighted by molar-refractivity contribution is 6.31. The van der Waals surface area contributed by atoms with Gasteiger partial charge in [0.05, 0.1) is 10.7 Å². The number of halogens is 1. The molecule has 3 nitrogen and oxygen atoms in total. The van der Waals surface area contributed by atoms with Gasteiger partial charge in [0.2, 0.25) is 0 Å². The van der Waals surface area contributed by atoms with Crippen LogP contribution in [0.3, 0.4) is 0 Å². The molecule has 4 heteroatoms. The van der Waals surface area contributed by atoms with Crippen LogP contribution in [0.15, 0.2) is 12.1 Å². The van der Waals surface area contributed by atoms with Crippen LogP contribution in [0.25, 0.3) is 0 Å². The highest BCUT2D eigenvalue weighted by atomic mass is 35.5. The summed E-state index contributed by atoms with van der Waals surface area (Å²) in [7, 11) is 1.90. The molecule has 1 N–H and O–H groups in total. The Bertz CT molecular complexity index is 442. The topological polar surface area (TPSA) is 28.2 Å². The lowest BCUT2D eigenvalue weighted by Gasteiger charge is -2.29. The molecule has 1 fully saturated rings. The molecular weight excluding hydrogens is 282 g/mol. The Balaban J connectivity index is 2.09. The predicted octanol–water partition coefficient (Wildman–Crippen LogP) is 4.57. The fourth-order valence-corrected chi connectivity index (χ4v) is 3.18. The lowest BCUT2D eigenvalue weighted by Crippen LogP contribution is -2.34. The predicted molar refractivity (Wildman–Crippen MR) is 90.9 cm³/mol. The van der Waals surface area contributed by atoms with E-state index in [9.17, 15) is 0 Å². The van der Waals surface area contributed by atoms with E-state index in [1.807, 2.05) is 19.2 Å². The average molecular weight is 310 g/mol. The lowest BCUT2D eigenvalue weighted by molar-refractivity contribution is 0.177. The third-order valence-electron chi connectivity index (χ3n) is 4.36. The van der Waals surface area contributed by atoms with Gasteiger partial charge in [-0.3, -0.25) is 4.90 Å². The van der Waals surface area contributed by atoms with Gasteiger partial charge in [-0.15, -0.1) is 0 Å². The quantitative estimate of drug-likeness (QED) is 0.800. The molecule has 0 unspecified atom stereocenters. The van der Waals surface area contributed by atoms with Gasteiger partial charge in [0.1, 0.15) is 5.82 Å². The number of hydrogen-bond donors (Lipinski definition) is 1. The zero-order chi connectivity index (χ0) is 15.2. The zero-order valence-electron chi connectivity index (χ0n) is 13.5. The van der Waals surface area contributed by atoms with Crippen molar-refractivity contribution in [3.05, 3.63) is 22.8 Å². The Labute approximate surface area is 134 Å². The molecule has 0 atom stereocenters. The van der Waals surface area contributed by atoms with Gasteiger partial charge in [0.15, 0.2) is 0 Å². The van der Waals surface area contributed by atoms with Crippen LogP contribution in [0.4, 0.5) is 5.82 Å². The van der Waals surface area contributed by atoms with Crippen LogP contribution in [0.5, 0.6) is 0 Å². The first kappa shape index (κ1) is 16.6. The van der Waals surface area contributed by atoms with Crippen molar-refractivity contribution in [3.63, 3.8) is 0 Å². The van der Waals surface area contributed by atoms with Crippen molar-refractivity contribution in [1.82, 2.24) is 9.88 Å². The number of rotatable bonds is 7. The molecule has 0 spiro atoms. The summed E-state index contributed by atoms with van der Waals surface area (Å²) in [5, 5.41) is 3.88. The van der Waals surface area contributed by atoms with Gasteiger partial charge in [-0.05, 0) is 43.9 Å². The highest BCUT2D eigenvalue weighted by Gasteiger charge is 2.23. The number of nitrogens with zero attached hydrogens (tertiary/aromatic N) is 2. The van der Waals surface area contributed by atoms with E-state index in [0.717, 1.165) is 35.5 Å². The molecule has 118 valence electrons. The van der Waals surface area contributed by atoms with Crippen molar-refractivity contribution in [2.24, 2.45) is 5.92 Å². The van der Waals surface area contributed by atoms with Crippen molar-refractivity contribution in [3.8, 4) is 0 Å². The van der Waals surface area contributed by atoms with Crippen molar-refractivity contribution >= 4 is 17.4 Å². The van der Waals surface area contributed by atoms with E-state index in [1.54, 1.807) is 0 Å². The second-order valence-corrected chi connectivity index (χ2v) is 6.87. The fraction of sp³-hybridized carbons (Fsp3) is 0.706. The smallest absolute Gasteiger partial charge is 0.126 e. The molecule has 1 aromatic rings. The summed E-state index contributed by atoms with van der Waals surface area (Å²) < 4.78 is 0. The Hall–Kier alpha value is -0.800. The maximum atomic E-state index is 6.35. The highest BCUT2D eigenvalue weighted by Crippen LogP contribution is 2.27. The summed E-state index contributed by atoms with van der Waals surface area (Å²) in [6.45, 7) is 6.59. The van der Waals surface area contributed by atoms with Gasteiger partial charge >= 0.3 is 0 Å². The summed E-state index contributed by atoms with van der Waals surface area (Å²) in [6, 6.07) is 4.59. The van der Waals surface area contributed by atoms with Gasteiger partial charge in [0, 0.05) is 19.6 Å². The van der Waals surface area contributed by atoms with Crippen LogP contribution in [-0.4, -0.2) is 29.5 Å². The average Bonchev–Trinajstić information content (AvgIpc) is 2.99. The second kappa shape index (κ2) is 8.00. The molecule has 0 amide bonds. The number of nitrogens with one attached hydrogen (secondary N) is 1. The molecule has 1 saturated carbocycles. The van der Waals surface area contributed by atoms with Crippen LogP contribution >= 0.6 is 11.6 Å². The molecule has 0 saturated heterocycles. The zero-order valence-corrected chi connectivity index (χ0v) is 14.3. The molecule has 1 aliphatic carbocycles. The first-order valence-corrected chi connectivity index (χ1v) is 8.55. The molecule has 1 aromatic heterocycles.